The molecule has 2 aromatic heterocycles. The largest absolute Gasteiger partial charge is 0.790 e. The summed E-state index contributed by atoms with van der Waals surface area (Å²) in [6.07, 6.45) is 9.23. The summed E-state index contributed by atoms with van der Waals surface area (Å²) in [4.78, 5) is 109. The van der Waals surface area contributed by atoms with Crippen LogP contribution in [0.3, 0.4) is 0 Å². The minimum absolute atomic E-state index is 0.0265. The minimum Gasteiger partial charge on any atom is -0.790 e. The van der Waals surface area contributed by atoms with Gasteiger partial charge < -0.3 is 69.0 Å². The molecule has 2 unspecified atom stereocenters. The lowest BCUT2D eigenvalue weighted by atomic mass is 9.87. The number of rotatable bonds is 34. The van der Waals surface area contributed by atoms with Crippen LogP contribution in [0.15, 0.2) is 24.8 Å². The number of aliphatic hydroxyl groups excluding tert-OH is 2. The second-order valence-electron chi connectivity index (χ2n) is 16.5. The van der Waals surface area contributed by atoms with Gasteiger partial charge in [0.1, 0.15) is 42.0 Å². The van der Waals surface area contributed by atoms with Crippen molar-refractivity contribution < 1.29 is 85.3 Å². The summed E-state index contributed by atoms with van der Waals surface area (Å²) >= 11 is 0.914. The Balaban J connectivity index is 1.32. The van der Waals surface area contributed by atoms with Crippen LogP contribution in [-0.4, -0.2) is 109 Å². The zero-order chi connectivity index (χ0) is 50.5. The number of ketones is 1. The number of imidazole rings is 1. The zero-order valence-corrected chi connectivity index (χ0v) is 41.7. The first-order chi connectivity index (χ1) is 31.9. The Morgan fingerprint density at radius 1 is 0.926 bits per heavy atom. The van der Waals surface area contributed by atoms with Crippen LogP contribution in [0.4, 0.5) is 5.82 Å². The molecular weight excluding hydrogens is 979 g/mol. The smallest absolute Gasteiger partial charge is 0.274 e. The van der Waals surface area contributed by atoms with E-state index >= 15 is 0 Å². The third-order valence-electron chi connectivity index (χ3n) is 10.3. The summed E-state index contributed by atoms with van der Waals surface area (Å²) in [6, 6.07) is 0. The van der Waals surface area contributed by atoms with Crippen LogP contribution in [0, 0.1) is 5.41 Å². The number of nitrogens with two attached hydrogens (primary N) is 1. The van der Waals surface area contributed by atoms with Crippen LogP contribution in [0.25, 0.3) is 11.2 Å². The fraction of sp³-hybridized carbons (Fsp3) is 0.718. The molecular formula is C39H62N7O18P3S-4. The number of allylic oxidation sites excluding steroid dienone is 2. The first-order valence-electron chi connectivity index (χ1n) is 22.1. The van der Waals surface area contributed by atoms with Gasteiger partial charge in [-0.1, -0.05) is 89.6 Å². The predicted molar refractivity (Wildman–Crippen MR) is 238 cm³/mol. The molecule has 0 spiro atoms. The molecule has 25 nitrogen and oxygen atoms in total. The number of ether oxygens (including phenoxy) is 1. The maximum Gasteiger partial charge on any atom is 0.274 e. The molecule has 29 heteroatoms. The Bertz CT molecular complexity index is 2130. The van der Waals surface area contributed by atoms with Crippen molar-refractivity contribution in [1.29, 1.82) is 0 Å². The number of thioether (sulfide) groups is 1. The highest BCUT2D eigenvalue weighted by Gasteiger charge is 2.47. The van der Waals surface area contributed by atoms with Crippen molar-refractivity contribution in [3.05, 3.63) is 24.8 Å². The number of phosphoric acid groups is 3. The summed E-state index contributed by atoms with van der Waals surface area (Å²) in [5, 5.41) is 26.0. The van der Waals surface area contributed by atoms with Gasteiger partial charge in [0, 0.05) is 37.1 Å². The van der Waals surface area contributed by atoms with Crippen molar-refractivity contribution in [2.24, 2.45) is 5.41 Å². The standard InChI is InChI=1S/C39H66N7O18P3S/c1-4-5-6-7-8-9-10-11-12-13-14-15-16-17-27(47)22-30(49)68-21-20-41-29(48)18-19-42-37(52)34(51)39(2,3)24-61-67(58,59)64-66(56,57)60-23-28-33(63-65(53,54)55)32(50)38(62-28)46-26-45-31-35(40)43-25-44-36(31)46/h13-14,25-26,28,32-34,38,50-51H,4-12,15-24H2,1-3H3,(H,41,48)(H,42,52)(H,56,57)(H,58,59)(H2,40,43,44)(H2,53,54,55)/p-4/b14-13-/t28-,32-,33-,34+,38-/m1/s1. The van der Waals surface area contributed by atoms with E-state index in [1.54, 1.807) is 0 Å². The van der Waals surface area contributed by atoms with Crippen molar-refractivity contribution in [2.45, 2.75) is 141 Å². The van der Waals surface area contributed by atoms with Crippen LogP contribution in [0.5, 0.6) is 0 Å². The van der Waals surface area contributed by atoms with Gasteiger partial charge in [-0.3, -0.25) is 32.9 Å². The number of carbonyl (C=O) groups is 4. The third-order valence-corrected chi connectivity index (χ3v) is 14.2. The highest BCUT2D eigenvalue weighted by atomic mass is 32.2. The van der Waals surface area contributed by atoms with Gasteiger partial charge in [0.05, 0.1) is 33.8 Å². The summed E-state index contributed by atoms with van der Waals surface area (Å²) in [7, 11) is -17.7. The van der Waals surface area contributed by atoms with Gasteiger partial charge in [0.25, 0.3) is 15.6 Å². The number of hydrogen-bond acceptors (Lipinski definition) is 23. The zero-order valence-electron chi connectivity index (χ0n) is 38.2. The molecule has 0 radical (unpaired) electrons. The molecule has 3 rings (SSSR count). The molecule has 3 heterocycles. The third kappa shape index (κ3) is 21.5. The lowest BCUT2D eigenvalue weighted by Gasteiger charge is -2.36. The van der Waals surface area contributed by atoms with Crippen LogP contribution < -0.4 is 35.9 Å². The predicted octanol–water partition coefficient (Wildman–Crippen LogP) is 1.35. The number of amides is 2. The SMILES string of the molecule is CCCCCCCCCC/C=C\CCCC(=O)CC(=O)SCCNC(=O)CCNC(=O)[C@H](O)C(C)(C)COP(=O)([O-])OP(=O)([O-])OC[C@H]1O[C@@H](n2cnc3c(N)ncnc32)[C@H](O)[C@@H]1OP(=O)([O-])[O-]. The minimum atomic E-state index is -5.94. The van der Waals surface area contributed by atoms with Crippen LogP contribution in [0.2, 0.25) is 0 Å². The lowest BCUT2D eigenvalue weighted by molar-refractivity contribution is -0.347. The molecule has 2 amide bonds. The fourth-order valence-electron chi connectivity index (χ4n) is 6.62. The second kappa shape index (κ2) is 28.7. The number of aromatic nitrogens is 4. The first kappa shape index (κ1) is 59.3. The number of anilines is 1. The number of nitrogens with one attached hydrogen (secondary N) is 2. The molecule has 6 N–H and O–H groups in total. The van der Waals surface area contributed by atoms with Gasteiger partial charge in [0.2, 0.25) is 11.8 Å². The van der Waals surface area contributed by atoms with E-state index in [1.165, 1.54) is 58.8 Å². The number of unbranched alkanes of at least 4 members (excludes halogenated alkanes) is 9. The van der Waals surface area contributed by atoms with Crippen LogP contribution >= 0.6 is 35.2 Å². The molecule has 1 aliphatic heterocycles. The number of Topliss-reactive ketones (excluding diaryl/α,β-unsaturated/α-hetero) is 1. The fourth-order valence-corrected chi connectivity index (χ4v) is 10.1. The van der Waals surface area contributed by atoms with Crippen molar-refractivity contribution in [3.63, 3.8) is 0 Å². The van der Waals surface area contributed by atoms with Gasteiger partial charge >= 0.3 is 0 Å². The number of nitrogen functional groups attached to an aromatic ring is 1. The Labute approximate surface area is 398 Å². The molecule has 0 aromatic carbocycles. The summed E-state index contributed by atoms with van der Waals surface area (Å²) in [5.41, 5.74) is 4.05. The molecule has 1 saturated heterocycles. The molecule has 68 heavy (non-hydrogen) atoms. The number of hydrogen-bond donors (Lipinski definition) is 5. The van der Waals surface area contributed by atoms with Crippen LogP contribution in [-0.2, 0) is 55.5 Å². The monoisotopic (exact) mass is 1040 g/mol. The van der Waals surface area contributed by atoms with E-state index in [2.05, 4.69) is 62.5 Å². The van der Waals surface area contributed by atoms with E-state index in [0.717, 1.165) is 48.2 Å². The highest BCUT2D eigenvalue weighted by molar-refractivity contribution is 8.13. The van der Waals surface area contributed by atoms with E-state index in [1.807, 2.05) is 0 Å². The average Bonchev–Trinajstić information content (AvgIpc) is 3.82. The molecule has 2 aromatic rings. The molecule has 7 atom stereocenters. The molecule has 0 aliphatic carbocycles. The first-order valence-corrected chi connectivity index (χ1v) is 27.5. The number of carbonyl (C=O) groups excluding carboxylic acids is 4. The maximum absolute atomic E-state index is 12.6. The Kier molecular flexibility index (Phi) is 25.0. The quantitative estimate of drug-likeness (QED) is 0.0286. The Hall–Kier alpha value is -3.03. The number of phosphoric ester groups is 3. The highest BCUT2D eigenvalue weighted by Crippen LogP contribution is 2.56. The number of aliphatic hydroxyl groups is 2. The van der Waals surface area contributed by atoms with Crippen molar-refractivity contribution in [3.8, 4) is 0 Å². The van der Waals surface area contributed by atoms with Crippen molar-refractivity contribution >= 4 is 74.9 Å². The maximum atomic E-state index is 12.6. The van der Waals surface area contributed by atoms with Crippen LogP contribution in [0.1, 0.15) is 117 Å². The topological polar surface area (TPSA) is 392 Å². The van der Waals surface area contributed by atoms with Gasteiger partial charge in [-0.15, -0.1) is 0 Å². The number of fused-ring (bicyclic) bond motifs is 1. The second-order valence-corrected chi connectivity index (χ2v) is 21.8. The lowest BCUT2D eigenvalue weighted by Crippen LogP contribution is -2.46. The molecule has 386 valence electrons. The summed E-state index contributed by atoms with van der Waals surface area (Å²) in [6.45, 7) is 2.13. The summed E-state index contributed by atoms with van der Waals surface area (Å²) < 4.78 is 60.8. The molecule has 0 saturated carbocycles. The van der Waals surface area contributed by atoms with Gasteiger partial charge in [-0.2, -0.15) is 0 Å². The van der Waals surface area contributed by atoms with E-state index < -0.39 is 84.6 Å². The van der Waals surface area contributed by atoms with Crippen molar-refractivity contribution in [2.75, 3.05) is 37.8 Å². The van der Waals surface area contributed by atoms with E-state index in [9.17, 15) is 62.7 Å². The Morgan fingerprint density at radius 2 is 1.57 bits per heavy atom. The Morgan fingerprint density at radius 3 is 2.25 bits per heavy atom. The summed E-state index contributed by atoms with van der Waals surface area (Å²) in [5.74, 6) is -1.56. The number of nitrogens with zero attached hydrogens (tertiary/aromatic N) is 4. The van der Waals surface area contributed by atoms with E-state index in [0.29, 0.717) is 12.8 Å². The molecule has 0 bridgehead atoms. The molecule has 1 aliphatic rings. The van der Waals surface area contributed by atoms with Crippen molar-refractivity contribution in [1.82, 2.24) is 30.2 Å². The van der Waals surface area contributed by atoms with Gasteiger partial charge in [0.15, 0.2) is 22.8 Å². The van der Waals surface area contributed by atoms with Gasteiger partial charge in [-0.25, -0.2) is 19.3 Å². The average molecular weight is 1040 g/mol. The normalized spacial score (nSPS) is 20.0. The van der Waals surface area contributed by atoms with Gasteiger partial charge in [-0.05, 0) is 25.7 Å². The molecule has 1 fully saturated rings. The van der Waals surface area contributed by atoms with E-state index in [-0.39, 0.29) is 59.6 Å². The van der Waals surface area contributed by atoms with E-state index in [4.69, 9.17) is 10.5 Å².